The monoisotopic (exact) mass is 238 g/mol. The molecule has 0 atom stereocenters. The van der Waals surface area contributed by atoms with Crippen LogP contribution in [0.15, 0.2) is 6.20 Å². The Bertz CT molecular complexity index is 388. The summed E-state index contributed by atoms with van der Waals surface area (Å²) in [5.41, 5.74) is 0.0275. The lowest BCUT2D eigenvalue weighted by Crippen LogP contribution is -2.24. The number of hydrogen-bond donors (Lipinski definition) is 1. The van der Waals surface area contributed by atoms with Crippen molar-refractivity contribution in [3.8, 4) is 0 Å². The van der Waals surface area contributed by atoms with E-state index >= 15 is 0 Å². The minimum Gasteiger partial charge on any atom is -0.351 e. The quantitative estimate of drug-likeness (QED) is 0.879. The smallest absolute Gasteiger partial charge is 0.263 e. The van der Waals surface area contributed by atoms with Crippen LogP contribution in [0.1, 0.15) is 48.3 Å². The number of aromatic nitrogens is 1. The van der Waals surface area contributed by atoms with Crippen LogP contribution in [0.25, 0.3) is 0 Å². The van der Waals surface area contributed by atoms with Gasteiger partial charge in [-0.25, -0.2) is 4.98 Å². The lowest BCUT2D eigenvalue weighted by Gasteiger charge is -2.13. The second-order valence-corrected chi connectivity index (χ2v) is 6.46. The van der Waals surface area contributed by atoms with Crippen LogP contribution in [-0.2, 0) is 5.41 Å². The Kier molecular flexibility index (Phi) is 3.02. The van der Waals surface area contributed by atoms with Gasteiger partial charge in [-0.1, -0.05) is 20.8 Å². The summed E-state index contributed by atoms with van der Waals surface area (Å²) in [4.78, 5) is 16.8. The summed E-state index contributed by atoms with van der Waals surface area (Å²) in [6, 6.07) is 0. The van der Waals surface area contributed by atoms with Crippen molar-refractivity contribution in [2.45, 2.75) is 39.0 Å². The van der Waals surface area contributed by atoms with Crippen LogP contribution in [0.2, 0.25) is 0 Å². The largest absolute Gasteiger partial charge is 0.351 e. The summed E-state index contributed by atoms with van der Waals surface area (Å²) >= 11 is 1.50. The molecule has 1 fully saturated rings. The van der Waals surface area contributed by atoms with E-state index < -0.39 is 0 Å². The van der Waals surface area contributed by atoms with Crippen LogP contribution in [-0.4, -0.2) is 17.4 Å². The molecule has 0 bridgehead atoms. The Hall–Kier alpha value is -0.900. The standard InChI is InChI=1S/C12H18N2OS/c1-12(2,3)11-14-7-9(16-11)10(15)13-6-8-4-5-8/h7-8H,4-6H2,1-3H3,(H,13,15). The Morgan fingerprint density at radius 1 is 1.56 bits per heavy atom. The van der Waals surface area contributed by atoms with Gasteiger partial charge in [-0.2, -0.15) is 0 Å². The molecule has 0 unspecified atom stereocenters. The van der Waals surface area contributed by atoms with Gasteiger partial charge in [0.15, 0.2) is 0 Å². The molecule has 0 spiro atoms. The third kappa shape index (κ3) is 2.82. The summed E-state index contributed by atoms with van der Waals surface area (Å²) in [7, 11) is 0. The van der Waals surface area contributed by atoms with Gasteiger partial charge in [0.1, 0.15) is 4.88 Å². The predicted molar refractivity (Wildman–Crippen MR) is 65.9 cm³/mol. The third-order valence-corrected chi connectivity index (χ3v) is 4.04. The molecule has 1 aliphatic carbocycles. The van der Waals surface area contributed by atoms with Crippen LogP contribution >= 0.6 is 11.3 Å². The highest BCUT2D eigenvalue weighted by Gasteiger charge is 2.23. The fourth-order valence-electron chi connectivity index (χ4n) is 1.37. The molecule has 1 N–H and O–H groups in total. The molecule has 0 aliphatic heterocycles. The molecular weight excluding hydrogens is 220 g/mol. The first-order chi connectivity index (χ1) is 7.47. The summed E-state index contributed by atoms with van der Waals surface area (Å²) in [6.45, 7) is 7.15. The van der Waals surface area contributed by atoms with Gasteiger partial charge in [-0.05, 0) is 18.8 Å². The maximum absolute atomic E-state index is 11.8. The average molecular weight is 238 g/mol. The van der Waals surface area contributed by atoms with Gasteiger partial charge in [0, 0.05) is 12.0 Å². The normalized spacial score (nSPS) is 16.2. The fraction of sp³-hybridized carbons (Fsp3) is 0.667. The van der Waals surface area contributed by atoms with Crippen molar-refractivity contribution in [1.29, 1.82) is 0 Å². The second-order valence-electron chi connectivity index (χ2n) is 5.43. The fourth-order valence-corrected chi connectivity index (χ4v) is 2.26. The van der Waals surface area contributed by atoms with E-state index in [0.717, 1.165) is 22.3 Å². The highest BCUT2D eigenvalue weighted by atomic mass is 32.1. The van der Waals surface area contributed by atoms with E-state index in [0.29, 0.717) is 0 Å². The molecule has 0 saturated heterocycles. The van der Waals surface area contributed by atoms with Crippen LogP contribution in [0.3, 0.4) is 0 Å². The van der Waals surface area contributed by atoms with Gasteiger partial charge in [0.25, 0.3) is 5.91 Å². The van der Waals surface area contributed by atoms with Gasteiger partial charge in [0.2, 0.25) is 0 Å². The molecule has 1 amide bonds. The third-order valence-electron chi connectivity index (χ3n) is 2.62. The minimum absolute atomic E-state index is 0.0275. The summed E-state index contributed by atoms with van der Waals surface area (Å²) in [6.07, 6.45) is 4.21. The van der Waals surface area contributed by atoms with Gasteiger partial charge in [-0.15, -0.1) is 11.3 Å². The van der Waals surface area contributed by atoms with Crippen molar-refractivity contribution in [1.82, 2.24) is 10.3 Å². The summed E-state index contributed by atoms with van der Waals surface area (Å²) in [5, 5.41) is 3.97. The molecule has 1 aliphatic rings. The molecule has 3 nitrogen and oxygen atoms in total. The number of carbonyl (C=O) groups is 1. The van der Waals surface area contributed by atoms with Crippen molar-refractivity contribution in [3.63, 3.8) is 0 Å². The number of nitrogens with one attached hydrogen (secondary N) is 1. The van der Waals surface area contributed by atoms with E-state index in [1.165, 1.54) is 24.2 Å². The Morgan fingerprint density at radius 3 is 2.75 bits per heavy atom. The Balaban J connectivity index is 1.97. The first-order valence-electron chi connectivity index (χ1n) is 5.71. The molecule has 0 radical (unpaired) electrons. The summed E-state index contributed by atoms with van der Waals surface area (Å²) in [5.74, 6) is 0.749. The van der Waals surface area contributed by atoms with E-state index in [9.17, 15) is 4.79 Å². The Labute approximate surface area is 100 Å². The first kappa shape index (κ1) is 11.6. The van der Waals surface area contributed by atoms with E-state index in [2.05, 4.69) is 31.1 Å². The number of amides is 1. The van der Waals surface area contributed by atoms with E-state index in [-0.39, 0.29) is 11.3 Å². The molecule has 88 valence electrons. The zero-order valence-electron chi connectivity index (χ0n) is 10.0. The number of carbonyl (C=O) groups excluding carboxylic acids is 1. The average Bonchev–Trinajstić information content (AvgIpc) is 2.86. The van der Waals surface area contributed by atoms with Gasteiger partial charge < -0.3 is 5.32 Å². The maximum atomic E-state index is 11.8. The topological polar surface area (TPSA) is 42.0 Å². The molecule has 16 heavy (non-hydrogen) atoms. The number of nitrogens with zero attached hydrogens (tertiary/aromatic N) is 1. The van der Waals surface area contributed by atoms with Gasteiger partial charge in [-0.3, -0.25) is 4.79 Å². The molecular formula is C12H18N2OS. The SMILES string of the molecule is CC(C)(C)c1ncc(C(=O)NCC2CC2)s1. The van der Waals surface area contributed by atoms with Crippen LogP contribution in [0.5, 0.6) is 0 Å². The molecule has 1 aromatic rings. The molecule has 1 aromatic heterocycles. The highest BCUT2D eigenvalue weighted by Crippen LogP contribution is 2.29. The molecule has 1 saturated carbocycles. The van der Waals surface area contributed by atoms with Crippen molar-refractivity contribution >= 4 is 17.2 Å². The van der Waals surface area contributed by atoms with Crippen LogP contribution in [0, 0.1) is 5.92 Å². The van der Waals surface area contributed by atoms with Gasteiger partial charge >= 0.3 is 0 Å². The highest BCUT2D eigenvalue weighted by molar-refractivity contribution is 7.13. The number of hydrogen-bond acceptors (Lipinski definition) is 3. The van der Waals surface area contributed by atoms with E-state index in [1.54, 1.807) is 6.20 Å². The predicted octanol–water partition coefficient (Wildman–Crippen LogP) is 2.58. The van der Waals surface area contributed by atoms with Crippen molar-refractivity contribution in [3.05, 3.63) is 16.1 Å². The lowest BCUT2D eigenvalue weighted by atomic mass is 9.98. The molecule has 2 rings (SSSR count). The lowest BCUT2D eigenvalue weighted by molar-refractivity contribution is 0.0955. The molecule has 4 heteroatoms. The zero-order valence-corrected chi connectivity index (χ0v) is 10.9. The van der Waals surface area contributed by atoms with Crippen molar-refractivity contribution in [2.75, 3.05) is 6.54 Å². The maximum Gasteiger partial charge on any atom is 0.263 e. The van der Waals surface area contributed by atoms with Crippen molar-refractivity contribution < 1.29 is 4.79 Å². The second kappa shape index (κ2) is 4.17. The van der Waals surface area contributed by atoms with E-state index in [1.807, 2.05) is 0 Å². The number of thiazole rings is 1. The summed E-state index contributed by atoms with van der Waals surface area (Å²) < 4.78 is 0. The zero-order chi connectivity index (χ0) is 11.8. The van der Waals surface area contributed by atoms with Crippen molar-refractivity contribution in [2.24, 2.45) is 5.92 Å². The molecule has 0 aromatic carbocycles. The van der Waals surface area contributed by atoms with E-state index in [4.69, 9.17) is 0 Å². The van der Waals surface area contributed by atoms with Gasteiger partial charge in [0.05, 0.1) is 11.2 Å². The van der Waals surface area contributed by atoms with Crippen LogP contribution in [0.4, 0.5) is 0 Å². The molecule has 1 heterocycles. The van der Waals surface area contributed by atoms with Crippen LogP contribution < -0.4 is 5.32 Å². The minimum atomic E-state index is 0.0275. The first-order valence-corrected chi connectivity index (χ1v) is 6.53. The number of rotatable bonds is 3. The Morgan fingerprint density at radius 2 is 2.25 bits per heavy atom.